The van der Waals surface area contributed by atoms with Gasteiger partial charge in [0.2, 0.25) is 0 Å². The Morgan fingerprint density at radius 2 is 1.84 bits per heavy atom. The molecule has 3 aromatic rings. The summed E-state index contributed by atoms with van der Waals surface area (Å²) in [5, 5.41) is 0.111. The van der Waals surface area contributed by atoms with E-state index in [1.54, 1.807) is 12.4 Å². The number of halogens is 5. The maximum absolute atomic E-state index is 14.6. The van der Waals surface area contributed by atoms with Gasteiger partial charge in [0.1, 0.15) is 11.6 Å². The summed E-state index contributed by atoms with van der Waals surface area (Å²) in [5.41, 5.74) is 0.421. The first-order chi connectivity index (χ1) is 15.2. The topological polar surface area (TPSA) is 35.0 Å². The van der Waals surface area contributed by atoms with Crippen LogP contribution in [-0.4, -0.2) is 22.8 Å². The van der Waals surface area contributed by atoms with Crippen molar-refractivity contribution >= 4 is 10.8 Å². The fourth-order valence-electron chi connectivity index (χ4n) is 3.59. The number of hydrogen-bond acceptors (Lipinski definition) is 3. The van der Waals surface area contributed by atoms with Crippen LogP contribution in [0.15, 0.2) is 49.3 Å². The highest BCUT2D eigenvalue weighted by atomic mass is 19.4. The summed E-state index contributed by atoms with van der Waals surface area (Å²) in [5.74, 6) is 0.793. The molecule has 2 heterocycles. The SMILES string of the molecule is C=CC1CCC(c2cnc(-c3ccc4c(F)c(C#CC(F)(F)F)c(F)cc4c3)nc2)OC1. The van der Waals surface area contributed by atoms with E-state index in [1.807, 2.05) is 6.08 Å². The Bertz CT molecular complexity index is 1220. The summed E-state index contributed by atoms with van der Waals surface area (Å²) < 4.78 is 71.6. The third-order valence-corrected chi connectivity index (χ3v) is 5.30. The second-order valence-corrected chi connectivity index (χ2v) is 7.47. The lowest BCUT2D eigenvalue weighted by atomic mass is 9.96. The van der Waals surface area contributed by atoms with Crippen molar-refractivity contribution < 1.29 is 26.7 Å². The van der Waals surface area contributed by atoms with Crippen LogP contribution in [-0.2, 0) is 4.74 Å². The van der Waals surface area contributed by atoms with Crippen molar-refractivity contribution in [3.63, 3.8) is 0 Å². The lowest BCUT2D eigenvalue weighted by Gasteiger charge is -2.27. The number of ether oxygens (including phenoxy) is 1. The maximum atomic E-state index is 14.6. The summed E-state index contributed by atoms with van der Waals surface area (Å²) in [6.45, 7) is 4.37. The molecule has 1 aromatic heterocycles. The Kier molecular flexibility index (Phi) is 5.94. The zero-order valence-electron chi connectivity index (χ0n) is 16.7. The van der Waals surface area contributed by atoms with Gasteiger partial charge in [-0.3, -0.25) is 0 Å². The van der Waals surface area contributed by atoms with Crippen molar-refractivity contribution in [2.75, 3.05) is 6.61 Å². The molecule has 0 saturated carbocycles. The summed E-state index contributed by atoms with van der Waals surface area (Å²) in [7, 11) is 0. The molecule has 0 radical (unpaired) electrons. The molecule has 8 heteroatoms. The minimum Gasteiger partial charge on any atom is -0.373 e. The van der Waals surface area contributed by atoms with Crippen molar-refractivity contribution in [3.8, 4) is 23.2 Å². The molecule has 0 spiro atoms. The molecule has 0 aliphatic carbocycles. The number of aromatic nitrogens is 2. The second-order valence-electron chi connectivity index (χ2n) is 7.47. The van der Waals surface area contributed by atoms with Gasteiger partial charge in [-0.25, -0.2) is 18.7 Å². The normalized spacial score (nSPS) is 18.8. The first-order valence-corrected chi connectivity index (χ1v) is 9.83. The van der Waals surface area contributed by atoms with Crippen LogP contribution in [0.5, 0.6) is 0 Å². The van der Waals surface area contributed by atoms with Crippen LogP contribution in [0, 0.1) is 29.4 Å². The zero-order valence-corrected chi connectivity index (χ0v) is 16.7. The summed E-state index contributed by atoms with van der Waals surface area (Å²) in [6, 6.07) is 5.28. The Morgan fingerprint density at radius 3 is 2.47 bits per heavy atom. The van der Waals surface area contributed by atoms with Gasteiger partial charge in [0, 0.05) is 40.7 Å². The Morgan fingerprint density at radius 1 is 1.09 bits per heavy atom. The number of hydrogen-bond donors (Lipinski definition) is 0. The van der Waals surface area contributed by atoms with Crippen LogP contribution >= 0.6 is 0 Å². The van der Waals surface area contributed by atoms with Crippen LogP contribution in [0.4, 0.5) is 22.0 Å². The standard InChI is InChI=1S/C24H17F5N2O/c1-2-14-3-6-21(32-13-14)17-11-30-23(31-12-17)15-4-5-18-16(9-15)10-20(25)19(22(18)26)7-8-24(27,28)29/h2,4-5,9-12,14,21H,1,3,6,13H2. The highest BCUT2D eigenvalue weighted by Gasteiger charge is 2.24. The molecule has 164 valence electrons. The fraction of sp³-hybridized carbons (Fsp3) is 0.250. The first-order valence-electron chi connectivity index (χ1n) is 9.83. The van der Waals surface area contributed by atoms with Crippen molar-refractivity contribution in [2.24, 2.45) is 5.92 Å². The first kappa shape index (κ1) is 21.9. The van der Waals surface area contributed by atoms with Crippen LogP contribution < -0.4 is 0 Å². The van der Waals surface area contributed by atoms with E-state index in [1.165, 1.54) is 24.1 Å². The van der Waals surface area contributed by atoms with Crippen LogP contribution in [0.3, 0.4) is 0 Å². The molecule has 32 heavy (non-hydrogen) atoms. The zero-order chi connectivity index (χ0) is 22.9. The molecule has 3 nitrogen and oxygen atoms in total. The van der Waals surface area contributed by atoms with E-state index < -0.39 is 23.4 Å². The predicted octanol–water partition coefficient (Wildman–Crippen LogP) is 6.14. The number of rotatable bonds is 3. The molecule has 1 aliphatic heterocycles. The number of fused-ring (bicyclic) bond motifs is 1. The van der Waals surface area contributed by atoms with E-state index in [0.29, 0.717) is 23.9 Å². The molecule has 1 aliphatic rings. The van der Waals surface area contributed by atoms with Gasteiger partial charge in [0.15, 0.2) is 5.82 Å². The molecule has 0 bridgehead atoms. The average Bonchev–Trinajstić information content (AvgIpc) is 2.78. The summed E-state index contributed by atoms with van der Waals surface area (Å²) >= 11 is 0. The predicted molar refractivity (Wildman–Crippen MR) is 109 cm³/mol. The smallest absolute Gasteiger partial charge is 0.373 e. The van der Waals surface area contributed by atoms with Crippen molar-refractivity contribution in [1.29, 1.82) is 0 Å². The van der Waals surface area contributed by atoms with E-state index in [0.717, 1.165) is 30.4 Å². The third kappa shape index (κ3) is 4.63. The second kappa shape index (κ2) is 8.67. The van der Waals surface area contributed by atoms with Crippen LogP contribution in [0.2, 0.25) is 0 Å². The number of alkyl halides is 3. The van der Waals surface area contributed by atoms with E-state index >= 15 is 0 Å². The van der Waals surface area contributed by atoms with E-state index in [2.05, 4.69) is 16.5 Å². The van der Waals surface area contributed by atoms with Crippen molar-refractivity contribution in [1.82, 2.24) is 9.97 Å². The molecular weight excluding hydrogens is 427 g/mol. The van der Waals surface area contributed by atoms with Gasteiger partial charge < -0.3 is 4.74 Å². The quantitative estimate of drug-likeness (QED) is 0.276. The molecule has 0 N–H and O–H groups in total. The van der Waals surface area contributed by atoms with Gasteiger partial charge in [-0.1, -0.05) is 24.1 Å². The minimum atomic E-state index is -4.85. The fourth-order valence-corrected chi connectivity index (χ4v) is 3.59. The molecule has 1 saturated heterocycles. The lowest BCUT2D eigenvalue weighted by Crippen LogP contribution is -2.19. The van der Waals surface area contributed by atoms with Gasteiger partial charge in [-0.05, 0) is 30.4 Å². The molecule has 1 fully saturated rings. The van der Waals surface area contributed by atoms with Gasteiger partial charge in [0.25, 0.3) is 0 Å². The van der Waals surface area contributed by atoms with E-state index in [9.17, 15) is 22.0 Å². The Balaban J connectivity index is 1.61. The number of nitrogens with zero attached hydrogens (tertiary/aromatic N) is 2. The largest absolute Gasteiger partial charge is 0.458 e. The summed E-state index contributed by atoms with van der Waals surface area (Å²) in [6.07, 6.45) is 2.03. The molecule has 2 aromatic carbocycles. The van der Waals surface area contributed by atoms with Crippen LogP contribution in [0.1, 0.15) is 30.1 Å². The molecule has 2 atom stereocenters. The average molecular weight is 444 g/mol. The molecular formula is C24H17F5N2O. The van der Waals surface area contributed by atoms with E-state index in [-0.39, 0.29) is 16.9 Å². The summed E-state index contributed by atoms with van der Waals surface area (Å²) in [4.78, 5) is 8.69. The molecule has 0 amide bonds. The van der Waals surface area contributed by atoms with Gasteiger partial charge in [0.05, 0.1) is 18.3 Å². The Hall–Kier alpha value is -3.31. The number of benzene rings is 2. The van der Waals surface area contributed by atoms with Gasteiger partial charge in [-0.15, -0.1) is 6.58 Å². The molecule has 4 rings (SSSR count). The highest BCUT2D eigenvalue weighted by molar-refractivity contribution is 5.88. The van der Waals surface area contributed by atoms with Crippen molar-refractivity contribution in [2.45, 2.75) is 25.1 Å². The lowest BCUT2D eigenvalue weighted by molar-refractivity contribution is -0.0696. The minimum absolute atomic E-state index is 0.0503. The monoisotopic (exact) mass is 444 g/mol. The highest BCUT2D eigenvalue weighted by Crippen LogP contribution is 2.32. The van der Waals surface area contributed by atoms with Gasteiger partial charge >= 0.3 is 6.18 Å². The van der Waals surface area contributed by atoms with E-state index in [4.69, 9.17) is 4.74 Å². The van der Waals surface area contributed by atoms with Crippen LogP contribution in [0.25, 0.3) is 22.2 Å². The molecule has 2 unspecified atom stereocenters. The van der Waals surface area contributed by atoms with Gasteiger partial charge in [-0.2, -0.15) is 13.2 Å². The third-order valence-electron chi connectivity index (χ3n) is 5.30. The Labute approximate surface area is 181 Å². The van der Waals surface area contributed by atoms with Crippen molar-refractivity contribution in [3.05, 3.63) is 72.1 Å². The maximum Gasteiger partial charge on any atom is 0.458 e.